The van der Waals surface area contributed by atoms with E-state index < -0.39 is 14.4 Å². The summed E-state index contributed by atoms with van der Waals surface area (Å²) in [7, 11) is -3.67. The fourth-order valence-electron chi connectivity index (χ4n) is 0.915. The third-order valence-electron chi connectivity index (χ3n) is 1.43. The van der Waals surface area contributed by atoms with Gasteiger partial charge in [0.2, 0.25) is 0 Å². The van der Waals surface area contributed by atoms with Crippen LogP contribution < -0.4 is 10.1 Å². The Morgan fingerprint density at radius 1 is 1.00 bits per heavy atom. The SMILES string of the molecule is OB(O)Oc1ccccc1B(O)O. The zero-order valence-electron chi connectivity index (χ0n) is 6.66. The minimum Gasteiger partial charge on any atom is -0.512 e. The van der Waals surface area contributed by atoms with Crippen molar-refractivity contribution in [3.8, 4) is 5.75 Å². The Bertz CT molecular complexity index is 277. The standard InChI is InChI=1S/C6H8B2O5/c9-7(10)5-3-1-2-4-6(5)13-8(11)12/h1-4,9-12H. The molecule has 0 aromatic heterocycles. The van der Waals surface area contributed by atoms with Gasteiger partial charge in [0, 0.05) is 5.46 Å². The predicted molar refractivity (Wildman–Crippen MR) is 47.1 cm³/mol. The number of hydrogen-bond donors (Lipinski definition) is 4. The maximum Gasteiger partial charge on any atom is 0.707 e. The van der Waals surface area contributed by atoms with Gasteiger partial charge < -0.3 is 24.8 Å². The molecule has 0 unspecified atom stereocenters. The summed E-state index contributed by atoms with van der Waals surface area (Å²) in [5.41, 5.74) is 0.0793. The molecular weight excluding hydrogens is 174 g/mol. The normalized spacial score (nSPS) is 9.54. The second kappa shape index (κ2) is 4.29. The van der Waals surface area contributed by atoms with Crippen LogP contribution in [0.15, 0.2) is 24.3 Å². The summed E-state index contributed by atoms with van der Waals surface area (Å²) in [6.45, 7) is 0. The van der Waals surface area contributed by atoms with Crippen LogP contribution in [0.2, 0.25) is 0 Å². The summed E-state index contributed by atoms with van der Waals surface area (Å²) in [6.07, 6.45) is 0. The van der Waals surface area contributed by atoms with Gasteiger partial charge >= 0.3 is 14.4 Å². The van der Waals surface area contributed by atoms with Crippen LogP contribution in [0.1, 0.15) is 0 Å². The molecule has 0 atom stereocenters. The minimum atomic E-state index is -1.97. The van der Waals surface area contributed by atoms with Gasteiger partial charge in [-0.3, -0.25) is 0 Å². The third kappa shape index (κ3) is 2.74. The molecule has 7 heteroatoms. The quantitative estimate of drug-likeness (QED) is 0.395. The molecule has 0 fully saturated rings. The van der Waals surface area contributed by atoms with Gasteiger partial charge in [0.25, 0.3) is 0 Å². The molecule has 0 aliphatic heterocycles. The van der Waals surface area contributed by atoms with E-state index in [1.165, 1.54) is 12.1 Å². The largest absolute Gasteiger partial charge is 0.707 e. The van der Waals surface area contributed by atoms with Crippen molar-refractivity contribution >= 4 is 19.9 Å². The van der Waals surface area contributed by atoms with Crippen molar-refractivity contribution in [3.63, 3.8) is 0 Å². The van der Waals surface area contributed by atoms with Crippen molar-refractivity contribution < 1.29 is 24.8 Å². The highest BCUT2D eigenvalue weighted by molar-refractivity contribution is 6.60. The molecule has 0 saturated heterocycles. The van der Waals surface area contributed by atoms with Gasteiger partial charge in [0.1, 0.15) is 5.75 Å². The van der Waals surface area contributed by atoms with E-state index in [0.717, 1.165) is 0 Å². The smallest absolute Gasteiger partial charge is 0.512 e. The van der Waals surface area contributed by atoms with Crippen molar-refractivity contribution in [1.82, 2.24) is 0 Å². The van der Waals surface area contributed by atoms with Crippen LogP contribution in [0.5, 0.6) is 5.75 Å². The van der Waals surface area contributed by atoms with E-state index in [2.05, 4.69) is 4.65 Å². The van der Waals surface area contributed by atoms with E-state index in [1.807, 2.05) is 0 Å². The first kappa shape index (κ1) is 10.1. The summed E-state index contributed by atoms with van der Waals surface area (Å²) >= 11 is 0. The van der Waals surface area contributed by atoms with E-state index in [1.54, 1.807) is 12.1 Å². The number of hydrogen-bond acceptors (Lipinski definition) is 5. The molecule has 0 radical (unpaired) electrons. The van der Waals surface area contributed by atoms with Gasteiger partial charge in [0.15, 0.2) is 0 Å². The lowest BCUT2D eigenvalue weighted by Gasteiger charge is -2.09. The highest BCUT2D eigenvalue weighted by atomic mass is 16.6. The molecule has 1 aromatic rings. The Balaban J connectivity index is 2.91. The molecular formula is C6H8B2O5. The zero-order valence-corrected chi connectivity index (χ0v) is 6.66. The molecule has 13 heavy (non-hydrogen) atoms. The molecule has 1 aromatic carbocycles. The Kier molecular flexibility index (Phi) is 3.32. The van der Waals surface area contributed by atoms with Crippen LogP contribution >= 0.6 is 0 Å². The minimum absolute atomic E-state index is 0.0208. The molecule has 5 nitrogen and oxygen atoms in total. The fourth-order valence-corrected chi connectivity index (χ4v) is 0.915. The van der Waals surface area contributed by atoms with E-state index in [0.29, 0.717) is 0 Å². The first-order valence-corrected chi connectivity index (χ1v) is 3.59. The lowest BCUT2D eigenvalue weighted by molar-refractivity contribution is 0.288. The molecule has 68 valence electrons. The van der Waals surface area contributed by atoms with E-state index in [-0.39, 0.29) is 11.2 Å². The third-order valence-corrected chi connectivity index (χ3v) is 1.43. The average molecular weight is 182 g/mol. The first-order valence-electron chi connectivity index (χ1n) is 3.59. The van der Waals surface area contributed by atoms with Crippen LogP contribution in [0.3, 0.4) is 0 Å². The average Bonchev–Trinajstić information content (AvgIpc) is 2.03. The van der Waals surface area contributed by atoms with E-state index >= 15 is 0 Å². The van der Waals surface area contributed by atoms with Crippen molar-refractivity contribution in [1.29, 1.82) is 0 Å². The van der Waals surface area contributed by atoms with Gasteiger partial charge in [0.05, 0.1) is 0 Å². The van der Waals surface area contributed by atoms with Crippen molar-refractivity contribution in [2.24, 2.45) is 0 Å². The molecule has 0 amide bonds. The van der Waals surface area contributed by atoms with Crippen LogP contribution in [-0.2, 0) is 0 Å². The summed E-state index contributed by atoms with van der Waals surface area (Å²) in [4.78, 5) is 0. The zero-order chi connectivity index (χ0) is 9.84. The predicted octanol–water partition coefficient (Wildman–Crippen LogP) is -2.29. The van der Waals surface area contributed by atoms with Crippen LogP contribution in [0.25, 0.3) is 0 Å². The molecule has 0 saturated carbocycles. The maximum atomic E-state index is 8.83. The molecule has 1 rings (SSSR count). The molecule has 0 aliphatic carbocycles. The van der Waals surface area contributed by atoms with Crippen molar-refractivity contribution in [2.45, 2.75) is 0 Å². The Morgan fingerprint density at radius 3 is 2.15 bits per heavy atom. The van der Waals surface area contributed by atoms with Crippen molar-refractivity contribution in [3.05, 3.63) is 24.3 Å². The van der Waals surface area contributed by atoms with E-state index in [9.17, 15) is 0 Å². The lowest BCUT2D eigenvalue weighted by atomic mass is 9.79. The van der Waals surface area contributed by atoms with Crippen molar-refractivity contribution in [2.75, 3.05) is 0 Å². The number of para-hydroxylation sites is 1. The molecule has 0 aliphatic rings. The Labute approximate surface area is 75.5 Å². The van der Waals surface area contributed by atoms with Gasteiger partial charge in [-0.05, 0) is 6.07 Å². The first-order chi connectivity index (χ1) is 6.11. The van der Waals surface area contributed by atoms with Crippen LogP contribution in [0.4, 0.5) is 0 Å². The molecule has 4 N–H and O–H groups in total. The highest BCUT2D eigenvalue weighted by Crippen LogP contribution is 2.06. The fraction of sp³-hybridized carbons (Fsp3) is 0. The van der Waals surface area contributed by atoms with Gasteiger partial charge in [-0.15, -0.1) is 0 Å². The van der Waals surface area contributed by atoms with E-state index in [4.69, 9.17) is 20.1 Å². The van der Waals surface area contributed by atoms with Gasteiger partial charge in [-0.1, -0.05) is 18.2 Å². The lowest BCUT2D eigenvalue weighted by Crippen LogP contribution is -2.34. The Morgan fingerprint density at radius 2 is 1.62 bits per heavy atom. The van der Waals surface area contributed by atoms with Gasteiger partial charge in [-0.25, -0.2) is 0 Å². The molecule has 0 bridgehead atoms. The molecule has 0 heterocycles. The summed E-state index contributed by atoms with van der Waals surface area (Å²) in [5, 5.41) is 34.6. The molecule has 0 spiro atoms. The highest BCUT2D eigenvalue weighted by Gasteiger charge is 2.20. The summed E-state index contributed by atoms with van der Waals surface area (Å²) in [5.74, 6) is 0.0208. The van der Waals surface area contributed by atoms with Gasteiger partial charge in [-0.2, -0.15) is 0 Å². The topological polar surface area (TPSA) is 90.2 Å². The second-order valence-corrected chi connectivity index (χ2v) is 2.36. The maximum absolute atomic E-state index is 8.83. The second-order valence-electron chi connectivity index (χ2n) is 2.36. The number of benzene rings is 1. The summed E-state index contributed by atoms with van der Waals surface area (Å²) in [6, 6.07) is 5.95. The van der Waals surface area contributed by atoms with Crippen LogP contribution in [-0.4, -0.2) is 34.5 Å². The summed E-state index contributed by atoms with van der Waals surface area (Å²) < 4.78 is 4.50. The monoisotopic (exact) mass is 182 g/mol. The Hall–Kier alpha value is -1.01. The number of rotatable bonds is 3. The van der Waals surface area contributed by atoms with Crippen LogP contribution in [0, 0.1) is 0 Å².